The number of methoxy groups -OCH3 is 1. The lowest BCUT2D eigenvalue weighted by Gasteiger charge is -2.18. The molecule has 0 atom stereocenters. The summed E-state index contributed by atoms with van der Waals surface area (Å²) in [6.07, 6.45) is 0.952. The van der Waals surface area contributed by atoms with E-state index in [9.17, 15) is 10.0 Å². The van der Waals surface area contributed by atoms with Crippen LogP contribution in [0.3, 0.4) is 0 Å². The maximum absolute atomic E-state index is 9.31. The van der Waals surface area contributed by atoms with Crippen LogP contribution in [0.15, 0.2) is 18.2 Å². The highest BCUT2D eigenvalue weighted by molar-refractivity contribution is 6.59. The zero-order valence-electron chi connectivity index (χ0n) is 12.1. The van der Waals surface area contributed by atoms with Gasteiger partial charge in [-0.1, -0.05) is 26.8 Å². The molecule has 0 aliphatic heterocycles. The number of benzene rings is 1. The third kappa shape index (κ3) is 5.64. The van der Waals surface area contributed by atoms with Crippen molar-refractivity contribution in [1.29, 1.82) is 0 Å². The zero-order chi connectivity index (χ0) is 14.5. The fraction of sp³-hybridized carbons (Fsp3) is 0.571. The Morgan fingerprint density at radius 1 is 1.21 bits per heavy atom. The summed E-state index contributed by atoms with van der Waals surface area (Å²) < 4.78 is 10.7. The summed E-state index contributed by atoms with van der Waals surface area (Å²) in [6.45, 7) is 7.46. The third-order valence-corrected chi connectivity index (χ3v) is 2.88. The molecule has 0 aliphatic rings. The van der Waals surface area contributed by atoms with Crippen molar-refractivity contribution in [3.05, 3.63) is 23.8 Å². The van der Waals surface area contributed by atoms with Crippen molar-refractivity contribution in [2.24, 2.45) is 5.41 Å². The Bertz CT molecular complexity index is 399. The van der Waals surface area contributed by atoms with Crippen LogP contribution in [0, 0.1) is 5.41 Å². The first-order chi connectivity index (χ1) is 8.83. The van der Waals surface area contributed by atoms with Gasteiger partial charge in [0.2, 0.25) is 0 Å². The van der Waals surface area contributed by atoms with Gasteiger partial charge in [0.1, 0.15) is 5.75 Å². The molecule has 4 nitrogen and oxygen atoms in total. The smallest absolute Gasteiger partial charge is 0.488 e. The number of hydrogen-bond acceptors (Lipinski definition) is 4. The molecule has 0 saturated carbocycles. The first-order valence-corrected chi connectivity index (χ1v) is 6.44. The van der Waals surface area contributed by atoms with Crippen LogP contribution < -0.4 is 10.2 Å². The molecule has 2 N–H and O–H groups in total. The van der Waals surface area contributed by atoms with E-state index >= 15 is 0 Å². The monoisotopic (exact) mass is 266 g/mol. The molecule has 0 bridgehead atoms. The number of hydrogen-bond donors (Lipinski definition) is 2. The minimum atomic E-state index is -1.49. The van der Waals surface area contributed by atoms with Gasteiger partial charge in [0.05, 0.1) is 13.7 Å². The normalized spacial score (nSPS) is 11.5. The fourth-order valence-corrected chi connectivity index (χ4v) is 1.65. The van der Waals surface area contributed by atoms with Crippen LogP contribution in [0.5, 0.6) is 5.75 Å². The minimum Gasteiger partial charge on any atom is -0.497 e. The lowest BCUT2D eigenvalue weighted by molar-refractivity contribution is 0.0964. The quantitative estimate of drug-likeness (QED) is 0.602. The lowest BCUT2D eigenvalue weighted by Crippen LogP contribution is -2.33. The third-order valence-electron chi connectivity index (χ3n) is 2.88. The van der Waals surface area contributed by atoms with E-state index in [0.29, 0.717) is 24.4 Å². The summed E-state index contributed by atoms with van der Waals surface area (Å²) >= 11 is 0. The van der Waals surface area contributed by atoms with Gasteiger partial charge in [0.15, 0.2) is 0 Å². The molecule has 0 aliphatic carbocycles. The van der Waals surface area contributed by atoms with E-state index in [0.717, 1.165) is 12.0 Å². The number of ether oxygens (including phenoxy) is 2. The van der Waals surface area contributed by atoms with Crippen molar-refractivity contribution < 1.29 is 19.5 Å². The Hall–Kier alpha value is -1.04. The minimum absolute atomic E-state index is 0.230. The molecule has 0 aromatic heterocycles. The van der Waals surface area contributed by atoms with Crippen molar-refractivity contribution in [2.75, 3.05) is 13.7 Å². The highest BCUT2D eigenvalue weighted by atomic mass is 16.5. The fourth-order valence-electron chi connectivity index (χ4n) is 1.65. The molecule has 1 aromatic rings. The van der Waals surface area contributed by atoms with Crippen molar-refractivity contribution in [1.82, 2.24) is 0 Å². The van der Waals surface area contributed by atoms with Gasteiger partial charge in [-0.05, 0) is 35.0 Å². The Balaban J connectivity index is 2.65. The van der Waals surface area contributed by atoms with Crippen molar-refractivity contribution in [3.8, 4) is 5.75 Å². The zero-order valence-corrected chi connectivity index (χ0v) is 12.1. The van der Waals surface area contributed by atoms with Gasteiger partial charge in [0, 0.05) is 6.61 Å². The van der Waals surface area contributed by atoms with Crippen molar-refractivity contribution in [3.63, 3.8) is 0 Å². The molecule has 0 amide bonds. The summed E-state index contributed by atoms with van der Waals surface area (Å²) in [5.74, 6) is 0.679. The highest BCUT2D eigenvalue weighted by Crippen LogP contribution is 2.18. The van der Waals surface area contributed by atoms with E-state index < -0.39 is 7.12 Å². The average Bonchev–Trinajstić information content (AvgIpc) is 2.33. The Morgan fingerprint density at radius 2 is 1.89 bits per heavy atom. The molecular formula is C14H23BO4. The first-order valence-electron chi connectivity index (χ1n) is 6.44. The van der Waals surface area contributed by atoms with Crippen LogP contribution in [0.2, 0.25) is 0 Å². The lowest BCUT2D eigenvalue weighted by atomic mass is 9.77. The van der Waals surface area contributed by atoms with E-state index in [1.165, 1.54) is 0 Å². The van der Waals surface area contributed by atoms with Crippen LogP contribution >= 0.6 is 0 Å². The molecular weight excluding hydrogens is 243 g/mol. The highest BCUT2D eigenvalue weighted by Gasteiger charge is 2.17. The molecule has 0 fully saturated rings. The van der Waals surface area contributed by atoms with Gasteiger partial charge in [-0.15, -0.1) is 0 Å². The second kappa shape index (κ2) is 6.94. The first kappa shape index (κ1) is 16.0. The topological polar surface area (TPSA) is 58.9 Å². The molecule has 5 heteroatoms. The van der Waals surface area contributed by atoms with Crippen LogP contribution in [0.4, 0.5) is 0 Å². The summed E-state index contributed by atoms with van der Waals surface area (Å²) in [7, 11) is 0.0846. The number of rotatable bonds is 6. The molecule has 0 saturated heterocycles. The van der Waals surface area contributed by atoms with E-state index in [2.05, 4.69) is 20.8 Å². The van der Waals surface area contributed by atoms with Crippen molar-refractivity contribution >= 4 is 12.6 Å². The Morgan fingerprint density at radius 3 is 2.42 bits per heavy atom. The molecule has 1 rings (SSSR count). The molecule has 0 heterocycles. The predicted molar refractivity (Wildman–Crippen MR) is 76.5 cm³/mol. The summed E-state index contributed by atoms with van der Waals surface area (Å²) in [4.78, 5) is 0. The average molecular weight is 266 g/mol. The summed E-state index contributed by atoms with van der Waals surface area (Å²) in [6, 6.07) is 5.12. The van der Waals surface area contributed by atoms with E-state index in [4.69, 9.17) is 9.47 Å². The van der Waals surface area contributed by atoms with Gasteiger partial charge in [-0.2, -0.15) is 0 Å². The molecule has 1 aromatic carbocycles. The molecule has 0 radical (unpaired) electrons. The van der Waals surface area contributed by atoms with Crippen LogP contribution in [0.1, 0.15) is 32.8 Å². The standard InChI is InChI=1S/C14H23BO4/c1-14(2,3)7-8-19-10-11-9-12(18-4)5-6-13(11)15(16)17/h5-6,9,16-17H,7-8,10H2,1-4H3. The summed E-state index contributed by atoms with van der Waals surface area (Å²) in [5, 5.41) is 18.6. The second-order valence-corrected chi connectivity index (χ2v) is 5.80. The van der Waals surface area contributed by atoms with Gasteiger partial charge >= 0.3 is 7.12 Å². The largest absolute Gasteiger partial charge is 0.497 e. The maximum atomic E-state index is 9.31. The van der Waals surface area contributed by atoms with Gasteiger partial charge in [0.25, 0.3) is 0 Å². The molecule has 106 valence electrons. The van der Waals surface area contributed by atoms with Gasteiger partial charge in [-0.3, -0.25) is 0 Å². The van der Waals surface area contributed by atoms with E-state index in [1.54, 1.807) is 25.3 Å². The van der Waals surface area contributed by atoms with Crippen LogP contribution in [0.25, 0.3) is 0 Å². The molecule has 0 spiro atoms. The van der Waals surface area contributed by atoms with Crippen LogP contribution in [-0.4, -0.2) is 30.9 Å². The Labute approximate surface area is 115 Å². The van der Waals surface area contributed by atoms with E-state index in [-0.39, 0.29) is 5.41 Å². The molecule has 0 unspecified atom stereocenters. The summed E-state index contributed by atoms with van der Waals surface area (Å²) in [5.41, 5.74) is 1.42. The van der Waals surface area contributed by atoms with Crippen molar-refractivity contribution in [2.45, 2.75) is 33.8 Å². The van der Waals surface area contributed by atoms with Gasteiger partial charge < -0.3 is 19.5 Å². The Kier molecular flexibility index (Phi) is 5.85. The predicted octanol–water partition coefficient (Wildman–Crippen LogP) is 1.33. The second-order valence-electron chi connectivity index (χ2n) is 5.80. The maximum Gasteiger partial charge on any atom is 0.488 e. The SMILES string of the molecule is COc1ccc(B(O)O)c(COCCC(C)(C)C)c1. The molecule has 19 heavy (non-hydrogen) atoms. The van der Waals surface area contributed by atoms with Crippen LogP contribution in [-0.2, 0) is 11.3 Å². The van der Waals surface area contributed by atoms with E-state index in [1.807, 2.05) is 0 Å². The van der Waals surface area contributed by atoms with Gasteiger partial charge in [-0.25, -0.2) is 0 Å².